The SMILES string of the molecule is CC(C)(C)OC(=O)N1CC(Oc2cccnc2Br)C1. The fraction of sp³-hybridized carbons (Fsp3) is 0.538. The van der Waals surface area contributed by atoms with Crippen LogP contribution < -0.4 is 4.74 Å². The Bertz CT molecular complexity index is 467. The molecule has 0 saturated carbocycles. The first-order valence-electron chi connectivity index (χ1n) is 6.10. The van der Waals surface area contributed by atoms with Crippen LogP contribution >= 0.6 is 15.9 Å². The Balaban J connectivity index is 1.81. The number of halogens is 1. The van der Waals surface area contributed by atoms with Crippen LogP contribution in [0.15, 0.2) is 22.9 Å². The van der Waals surface area contributed by atoms with Gasteiger partial charge in [0.05, 0.1) is 13.1 Å². The molecule has 0 atom stereocenters. The zero-order chi connectivity index (χ0) is 14.0. The van der Waals surface area contributed by atoms with Gasteiger partial charge in [0.2, 0.25) is 0 Å². The van der Waals surface area contributed by atoms with Crippen LogP contribution in [0.2, 0.25) is 0 Å². The zero-order valence-electron chi connectivity index (χ0n) is 11.2. The number of nitrogens with zero attached hydrogens (tertiary/aromatic N) is 2. The highest BCUT2D eigenvalue weighted by Crippen LogP contribution is 2.25. The molecule has 0 aromatic carbocycles. The average Bonchev–Trinajstić information content (AvgIpc) is 2.22. The Morgan fingerprint density at radius 3 is 2.74 bits per heavy atom. The van der Waals surface area contributed by atoms with E-state index in [4.69, 9.17) is 9.47 Å². The van der Waals surface area contributed by atoms with Crippen LogP contribution in [0, 0.1) is 0 Å². The largest absolute Gasteiger partial charge is 0.484 e. The van der Waals surface area contributed by atoms with Crippen molar-refractivity contribution in [2.45, 2.75) is 32.5 Å². The molecule has 1 aliphatic rings. The standard InChI is InChI=1S/C13H17BrN2O3/c1-13(2,3)19-12(17)16-7-9(8-16)18-10-5-4-6-15-11(10)14/h4-6,9H,7-8H2,1-3H3. The summed E-state index contributed by atoms with van der Waals surface area (Å²) in [6.07, 6.45) is 1.38. The summed E-state index contributed by atoms with van der Waals surface area (Å²) in [6, 6.07) is 3.65. The topological polar surface area (TPSA) is 51.7 Å². The highest BCUT2D eigenvalue weighted by Gasteiger charge is 2.35. The number of aromatic nitrogens is 1. The number of amides is 1. The molecular formula is C13H17BrN2O3. The second kappa shape index (κ2) is 5.36. The van der Waals surface area contributed by atoms with Crippen LogP contribution in [0.3, 0.4) is 0 Å². The van der Waals surface area contributed by atoms with E-state index in [0.717, 1.165) is 0 Å². The maximum atomic E-state index is 11.7. The summed E-state index contributed by atoms with van der Waals surface area (Å²) in [5.41, 5.74) is -0.463. The smallest absolute Gasteiger partial charge is 0.410 e. The van der Waals surface area contributed by atoms with Gasteiger partial charge in [0, 0.05) is 6.20 Å². The number of carbonyl (C=O) groups is 1. The van der Waals surface area contributed by atoms with Gasteiger partial charge in [0.15, 0.2) is 5.75 Å². The van der Waals surface area contributed by atoms with E-state index in [2.05, 4.69) is 20.9 Å². The highest BCUT2D eigenvalue weighted by molar-refractivity contribution is 9.10. The highest BCUT2D eigenvalue weighted by atomic mass is 79.9. The number of rotatable bonds is 2. The Morgan fingerprint density at radius 1 is 1.47 bits per heavy atom. The molecule has 0 bridgehead atoms. The van der Waals surface area contributed by atoms with Gasteiger partial charge >= 0.3 is 6.09 Å². The second-order valence-corrected chi connectivity index (χ2v) is 6.17. The van der Waals surface area contributed by atoms with Gasteiger partial charge in [-0.3, -0.25) is 0 Å². The summed E-state index contributed by atoms with van der Waals surface area (Å²) in [5.74, 6) is 0.691. The van der Waals surface area contributed by atoms with E-state index in [1.54, 1.807) is 11.1 Å². The van der Waals surface area contributed by atoms with Gasteiger partial charge in [-0.15, -0.1) is 0 Å². The average molecular weight is 329 g/mol. The third-order valence-electron chi connectivity index (χ3n) is 2.52. The van der Waals surface area contributed by atoms with Crippen LogP contribution in [0.25, 0.3) is 0 Å². The third-order valence-corrected chi connectivity index (χ3v) is 3.11. The summed E-state index contributed by atoms with van der Waals surface area (Å²) in [4.78, 5) is 17.4. The van der Waals surface area contributed by atoms with Crippen molar-refractivity contribution in [3.8, 4) is 5.75 Å². The molecule has 1 fully saturated rings. The van der Waals surface area contributed by atoms with Crippen molar-refractivity contribution in [3.05, 3.63) is 22.9 Å². The van der Waals surface area contributed by atoms with E-state index in [1.165, 1.54) is 0 Å². The predicted octanol–water partition coefficient (Wildman–Crippen LogP) is 2.84. The lowest BCUT2D eigenvalue weighted by Gasteiger charge is -2.39. The second-order valence-electron chi connectivity index (χ2n) is 5.42. The molecule has 0 N–H and O–H groups in total. The summed E-state index contributed by atoms with van der Waals surface area (Å²) in [5, 5.41) is 0. The number of hydrogen-bond acceptors (Lipinski definition) is 4. The fourth-order valence-electron chi connectivity index (χ4n) is 1.63. The van der Waals surface area contributed by atoms with Gasteiger partial charge in [-0.05, 0) is 48.8 Å². The summed E-state index contributed by atoms with van der Waals surface area (Å²) >= 11 is 3.32. The summed E-state index contributed by atoms with van der Waals surface area (Å²) < 4.78 is 11.7. The van der Waals surface area contributed by atoms with Crippen molar-refractivity contribution in [2.75, 3.05) is 13.1 Å². The molecule has 1 aliphatic heterocycles. The summed E-state index contributed by atoms with van der Waals surface area (Å²) in [7, 11) is 0. The molecule has 2 heterocycles. The number of pyridine rings is 1. The molecule has 1 amide bonds. The van der Waals surface area contributed by atoms with Crippen molar-refractivity contribution in [2.24, 2.45) is 0 Å². The van der Waals surface area contributed by atoms with Gasteiger partial charge in [-0.2, -0.15) is 0 Å². The van der Waals surface area contributed by atoms with Crippen molar-refractivity contribution >= 4 is 22.0 Å². The lowest BCUT2D eigenvalue weighted by molar-refractivity contribution is -0.0224. The van der Waals surface area contributed by atoms with Crippen LogP contribution in [-0.2, 0) is 4.74 Å². The number of carbonyl (C=O) groups excluding carboxylic acids is 1. The maximum absolute atomic E-state index is 11.7. The molecule has 1 aromatic rings. The normalized spacial score (nSPS) is 15.9. The Hall–Kier alpha value is -1.30. The van der Waals surface area contributed by atoms with E-state index in [0.29, 0.717) is 23.4 Å². The molecule has 1 aromatic heterocycles. The minimum Gasteiger partial charge on any atom is -0.484 e. The van der Waals surface area contributed by atoms with Crippen LogP contribution in [0.5, 0.6) is 5.75 Å². The summed E-state index contributed by atoms with van der Waals surface area (Å²) in [6.45, 7) is 6.63. The molecule has 0 radical (unpaired) electrons. The van der Waals surface area contributed by atoms with Gasteiger partial charge in [-0.1, -0.05) is 0 Å². The van der Waals surface area contributed by atoms with E-state index in [1.807, 2.05) is 32.9 Å². The van der Waals surface area contributed by atoms with E-state index < -0.39 is 5.60 Å². The predicted molar refractivity (Wildman–Crippen MR) is 74.2 cm³/mol. The van der Waals surface area contributed by atoms with Crippen molar-refractivity contribution in [3.63, 3.8) is 0 Å². The lowest BCUT2D eigenvalue weighted by Crippen LogP contribution is -2.57. The first kappa shape index (κ1) is 14.1. The van der Waals surface area contributed by atoms with E-state index >= 15 is 0 Å². The van der Waals surface area contributed by atoms with Gasteiger partial charge in [0.1, 0.15) is 16.3 Å². The van der Waals surface area contributed by atoms with Crippen LogP contribution in [-0.4, -0.2) is 40.8 Å². The molecule has 19 heavy (non-hydrogen) atoms. The van der Waals surface area contributed by atoms with Gasteiger partial charge in [0.25, 0.3) is 0 Å². The Morgan fingerprint density at radius 2 is 2.16 bits per heavy atom. The number of ether oxygens (including phenoxy) is 2. The molecule has 0 aliphatic carbocycles. The van der Waals surface area contributed by atoms with Gasteiger partial charge in [-0.25, -0.2) is 9.78 Å². The molecule has 6 heteroatoms. The first-order valence-corrected chi connectivity index (χ1v) is 6.89. The van der Waals surface area contributed by atoms with Crippen LogP contribution in [0.4, 0.5) is 4.79 Å². The van der Waals surface area contributed by atoms with Crippen molar-refractivity contribution < 1.29 is 14.3 Å². The lowest BCUT2D eigenvalue weighted by atomic mass is 10.1. The monoisotopic (exact) mass is 328 g/mol. The molecular weight excluding hydrogens is 312 g/mol. The molecule has 104 valence electrons. The van der Waals surface area contributed by atoms with Crippen molar-refractivity contribution in [1.29, 1.82) is 0 Å². The van der Waals surface area contributed by atoms with Crippen molar-refractivity contribution in [1.82, 2.24) is 9.88 Å². The molecule has 0 spiro atoms. The Kier molecular flexibility index (Phi) is 3.99. The number of likely N-dealkylation sites (tertiary alicyclic amines) is 1. The van der Waals surface area contributed by atoms with Crippen LogP contribution in [0.1, 0.15) is 20.8 Å². The molecule has 2 rings (SSSR count). The fourth-order valence-corrected chi connectivity index (χ4v) is 1.97. The maximum Gasteiger partial charge on any atom is 0.410 e. The molecule has 5 nitrogen and oxygen atoms in total. The zero-order valence-corrected chi connectivity index (χ0v) is 12.8. The minimum absolute atomic E-state index is 0.00646. The number of hydrogen-bond donors (Lipinski definition) is 0. The molecule has 1 saturated heterocycles. The van der Waals surface area contributed by atoms with E-state index in [-0.39, 0.29) is 12.2 Å². The minimum atomic E-state index is -0.463. The molecule has 0 unspecified atom stereocenters. The van der Waals surface area contributed by atoms with E-state index in [9.17, 15) is 4.79 Å². The quantitative estimate of drug-likeness (QED) is 0.783. The van der Waals surface area contributed by atoms with Gasteiger partial charge < -0.3 is 14.4 Å². The third kappa shape index (κ3) is 3.83. The Labute approximate surface area is 121 Å². The first-order chi connectivity index (χ1) is 8.85.